The van der Waals surface area contributed by atoms with Crippen molar-refractivity contribution < 1.29 is 17.9 Å². The number of sulfonamides is 1. The summed E-state index contributed by atoms with van der Waals surface area (Å²) in [6.45, 7) is 0.489. The monoisotopic (exact) mass is 476 g/mol. The number of nitrogens with zero attached hydrogens (tertiary/aromatic N) is 4. The van der Waals surface area contributed by atoms with Crippen LogP contribution in [0.1, 0.15) is 30.1 Å². The van der Waals surface area contributed by atoms with Crippen LogP contribution in [0, 0.1) is 0 Å². The van der Waals surface area contributed by atoms with Crippen molar-refractivity contribution in [3.05, 3.63) is 69.7 Å². The second kappa shape index (κ2) is 9.39. The summed E-state index contributed by atoms with van der Waals surface area (Å²) in [5.41, 5.74) is 0.400. The van der Waals surface area contributed by atoms with Gasteiger partial charge in [0.05, 0.1) is 6.26 Å². The second-order valence-electron chi connectivity index (χ2n) is 7.69. The van der Waals surface area contributed by atoms with Crippen LogP contribution >= 0.6 is 11.3 Å². The number of piperidine rings is 1. The normalized spacial score (nSPS) is 17.3. The van der Waals surface area contributed by atoms with E-state index in [1.165, 1.54) is 26.5 Å². The molecule has 11 heteroatoms. The predicted molar refractivity (Wildman–Crippen MR) is 120 cm³/mol. The molecule has 32 heavy (non-hydrogen) atoms. The average Bonchev–Trinajstić information content (AvgIpc) is 3.41. The number of hydrogen-bond acceptors (Lipinski definition) is 7. The van der Waals surface area contributed by atoms with Crippen LogP contribution in [0.2, 0.25) is 0 Å². The molecule has 0 N–H and O–H groups in total. The lowest BCUT2D eigenvalue weighted by Gasteiger charge is -2.30. The highest BCUT2D eigenvalue weighted by Crippen LogP contribution is 2.28. The van der Waals surface area contributed by atoms with Crippen molar-refractivity contribution in [3.63, 3.8) is 0 Å². The molecule has 0 radical (unpaired) electrons. The van der Waals surface area contributed by atoms with Gasteiger partial charge in [0.25, 0.3) is 0 Å². The molecule has 1 aliphatic heterocycles. The van der Waals surface area contributed by atoms with Gasteiger partial charge in [-0.25, -0.2) is 26.8 Å². The Morgan fingerprint density at radius 3 is 2.69 bits per heavy atom. The van der Waals surface area contributed by atoms with E-state index in [4.69, 9.17) is 4.74 Å². The number of ether oxygens (including phenoxy) is 1. The van der Waals surface area contributed by atoms with Crippen LogP contribution in [0.5, 0.6) is 0 Å². The lowest BCUT2D eigenvalue weighted by molar-refractivity contribution is -0.146. The predicted octanol–water partition coefficient (Wildman–Crippen LogP) is 1.98. The minimum atomic E-state index is -3.35. The van der Waals surface area contributed by atoms with E-state index in [2.05, 4.69) is 5.10 Å². The molecule has 1 fully saturated rings. The van der Waals surface area contributed by atoms with Crippen LogP contribution in [-0.2, 0) is 32.7 Å². The van der Waals surface area contributed by atoms with Gasteiger partial charge in [-0.1, -0.05) is 30.3 Å². The third kappa shape index (κ3) is 5.00. The van der Waals surface area contributed by atoms with Crippen LogP contribution in [0.4, 0.5) is 0 Å². The third-order valence-corrected chi connectivity index (χ3v) is 7.45. The van der Waals surface area contributed by atoms with E-state index in [0.29, 0.717) is 30.2 Å². The number of carbonyl (C=O) groups is 1. The fourth-order valence-electron chi connectivity index (χ4n) is 3.76. The van der Waals surface area contributed by atoms with Gasteiger partial charge in [0.1, 0.15) is 24.0 Å². The molecular weight excluding hydrogens is 452 g/mol. The molecular formula is C21H24N4O5S2. The first kappa shape index (κ1) is 22.4. The molecule has 0 saturated carbocycles. The van der Waals surface area contributed by atoms with Crippen LogP contribution in [0.15, 0.2) is 52.6 Å². The van der Waals surface area contributed by atoms with E-state index in [1.54, 1.807) is 6.07 Å². The Kier molecular flexibility index (Phi) is 6.58. The molecule has 4 rings (SSSR count). The second-order valence-corrected chi connectivity index (χ2v) is 10.6. The van der Waals surface area contributed by atoms with Crippen molar-refractivity contribution in [2.24, 2.45) is 0 Å². The zero-order chi connectivity index (χ0) is 22.7. The number of thiophene rings is 1. The van der Waals surface area contributed by atoms with Crippen molar-refractivity contribution >= 4 is 27.3 Å². The van der Waals surface area contributed by atoms with E-state index < -0.39 is 21.7 Å². The van der Waals surface area contributed by atoms with E-state index in [1.807, 2.05) is 41.8 Å². The van der Waals surface area contributed by atoms with Crippen LogP contribution in [-0.4, -0.2) is 52.4 Å². The number of carbonyl (C=O) groups excluding carboxylic acids is 1. The topological polar surface area (TPSA) is 104 Å². The van der Waals surface area contributed by atoms with Gasteiger partial charge in [-0.2, -0.15) is 5.10 Å². The van der Waals surface area contributed by atoms with E-state index >= 15 is 0 Å². The zero-order valence-electron chi connectivity index (χ0n) is 17.6. The maximum Gasteiger partial charge on any atom is 0.351 e. The summed E-state index contributed by atoms with van der Waals surface area (Å²) in [4.78, 5) is 25.5. The molecule has 0 aliphatic carbocycles. The molecule has 1 atom stereocenters. The smallest absolute Gasteiger partial charge is 0.351 e. The Morgan fingerprint density at radius 2 is 2.00 bits per heavy atom. The van der Waals surface area contributed by atoms with Crippen molar-refractivity contribution in [1.29, 1.82) is 0 Å². The largest absolute Gasteiger partial charge is 0.459 e. The minimum Gasteiger partial charge on any atom is -0.459 e. The fraction of sp³-hybridized carbons (Fsp3) is 0.381. The number of aromatic nitrogens is 3. The van der Waals surface area contributed by atoms with Gasteiger partial charge in [-0.15, -0.1) is 11.3 Å². The molecule has 3 heterocycles. The molecule has 1 saturated heterocycles. The summed E-state index contributed by atoms with van der Waals surface area (Å²) >= 11 is 1.38. The summed E-state index contributed by atoms with van der Waals surface area (Å²) in [7, 11) is -3.35. The van der Waals surface area contributed by atoms with Crippen molar-refractivity contribution in [3.8, 4) is 5.00 Å². The molecule has 170 valence electrons. The Hall–Kier alpha value is -2.76. The first-order valence-electron chi connectivity index (χ1n) is 10.2. The zero-order valence-corrected chi connectivity index (χ0v) is 19.2. The third-order valence-electron chi connectivity index (χ3n) is 5.33. The van der Waals surface area contributed by atoms with Crippen LogP contribution < -0.4 is 5.69 Å². The highest BCUT2D eigenvalue weighted by Gasteiger charge is 2.32. The van der Waals surface area contributed by atoms with Crippen LogP contribution in [0.25, 0.3) is 5.00 Å². The summed E-state index contributed by atoms with van der Waals surface area (Å²) in [6.07, 6.45) is 2.55. The quantitative estimate of drug-likeness (QED) is 0.483. The lowest BCUT2D eigenvalue weighted by atomic mass is 9.99. The van der Waals surface area contributed by atoms with Gasteiger partial charge in [0.15, 0.2) is 0 Å². The molecule has 2 aromatic heterocycles. The molecule has 0 spiro atoms. The highest BCUT2D eigenvalue weighted by atomic mass is 32.2. The molecule has 1 aromatic carbocycles. The molecule has 0 amide bonds. The number of hydrogen-bond donors (Lipinski definition) is 0. The average molecular weight is 477 g/mol. The Labute approximate surface area is 189 Å². The van der Waals surface area contributed by atoms with Gasteiger partial charge < -0.3 is 4.74 Å². The van der Waals surface area contributed by atoms with E-state index in [0.717, 1.165) is 10.2 Å². The van der Waals surface area contributed by atoms with E-state index in [9.17, 15) is 18.0 Å². The van der Waals surface area contributed by atoms with Crippen molar-refractivity contribution in [2.45, 2.75) is 31.9 Å². The van der Waals surface area contributed by atoms with Gasteiger partial charge in [0.2, 0.25) is 10.0 Å². The molecule has 9 nitrogen and oxygen atoms in total. The number of rotatable bonds is 7. The van der Waals surface area contributed by atoms with Gasteiger partial charge >= 0.3 is 11.7 Å². The Balaban J connectivity index is 1.59. The van der Waals surface area contributed by atoms with Crippen molar-refractivity contribution in [1.82, 2.24) is 18.7 Å². The number of benzene rings is 1. The highest BCUT2D eigenvalue weighted by molar-refractivity contribution is 7.88. The van der Waals surface area contributed by atoms with Gasteiger partial charge in [0, 0.05) is 19.0 Å². The van der Waals surface area contributed by atoms with Gasteiger partial charge in [-0.3, -0.25) is 4.79 Å². The first-order chi connectivity index (χ1) is 15.3. The lowest BCUT2D eigenvalue weighted by Crippen LogP contribution is -2.39. The SMILES string of the molecule is CS(=O)(=O)N1CCCC(c2nn(CC(=O)OCc3ccccc3)c(=O)n2-c2cccs2)C1. The summed E-state index contributed by atoms with van der Waals surface area (Å²) in [5, 5.41) is 6.97. The summed E-state index contributed by atoms with van der Waals surface area (Å²) in [6, 6.07) is 12.9. The molecule has 1 aliphatic rings. The summed E-state index contributed by atoms with van der Waals surface area (Å²) < 4.78 is 33.4. The molecule has 3 aromatic rings. The maximum absolute atomic E-state index is 13.1. The maximum atomic E-state index is 13.1. The molecule has 0 bridgehead atoms. The Bertz CT molecular complexity index is 1230. The fourth-order valence-corrected chi connectivity index (χ4v) is 5.40. The minimum absolute atomic E-state index is 0.110. The van der Waals surface area contributed by atoms with Crippen LogP contribution in [0.3, 0.4) is 0 Å². The van der Waals surface area contributed by atoms with Crippen molar-refractivity contribution in [2.75, 3.05) is 19.3 Å². The molecule has 1 unspecified atom stereocenters. The van der Waals surface area contributed by atoms with Gasteiger partial charge in [-0.05, 0) is 35.9 Å². The Morgan fingerprint density at radius 1 is 1.22 bits per heavy atom. The summed E-state index contributed by atoms with van der Waals surface area (Å²) in [5.74, 6) is -0.365. The first-order valence-corrected chi connectivity index (χ1v) is 12.9. The number of esters is 1. The standard InChI is InChI=1S/C21H24N4O5S2/c1-32(28,29)23-11-5-9-17(13-23)20-22-24(21(27)25(20)18-10-6-12-31-18)14-19(26)30-15-16-7-3-2-4-8-16/h2-4,6-8,10,12,17H,5,9,11,13-15H2,1H3. The van der Waals surface area contributed by atoms with E-state index in [-0.39, 0.29) is 25.6 Å².